The van der Waals surface area contributed by atoms with Crippen LogP contribution >= 0.6 is 0 Å². The first-order chi connectivity index (χ1) is 23.1. The van der Waals surface area contributed by atoms with Crippen molar-refractivity contribution in [3.63, 3.8) is 0 Å². The molecule has 256 valence electrons. The Kier molecular flexibility index (Phi) is 9.04. The number of halogens is 2. The summed E-state index contributed by atoms with van der Waals surface area (Å²) in [4.78, 5) is 19.0. The lowest BCUT2D eigenvalue weighted by molar-refractivity contribution is 0.108. The molecule has 11 heteroatoms. The Labute approximate surface area is 283 Å². The highest BCUT2D eigenvalue weighted by Crippen LogP contribution is 2.42. The van der Waals surface area contributed by atoms with E-state index in [1.807, 2.05) is 6.92 Å². The summed E-state index contributed by atoms with van der Waals surface area (Å²) in [6.07, 6.45) is 9.33. The predicted octanol–water partition coefficient (Wildman–Crippen LogP) is 7.16. The number of aromatic nitrogens is 3. The normalized spacial score (nSPS) is 21.9. The molecule has 0 radical (unpaired) electrons. The van der Waals surface area contributed by atoms with E-state index in [1.54, 1.807) is 18.3 Å². The minimum atomic E-state index is -0.836. The first kappa shape index (κ1) is 33.1. The standard InChI is InChI=1S/C37H45F2N5O3S/c1-4-6-7-14-43(20-36(3)22-48(46)23-36)34-28-19-40-32(27-18-25(45)17-24-10-11-29(38)26(5-2)30(24)27)31(39)33(28)41-35(42-34)47-21-37-12-8-15-44(37)16-9-13-37/h10-11,17-19,45H,4-9,12-16,20-23H2,1-3H3. The fourth-order valence-electron chi connectivity index (χ4n) is 8.31. The van der Waals surface area contributed by atoms with Gasteiger partial charge in [-0.15, -0.1) is 0 Å². The van der Waals surface area contributed by atoms with Crippen LogP contribution in [0, 0.1) is 17.0 Å². The number of nitrogens with zero attached hydrogens (tertiary/aromatic N) is 5. The van der Waals surface area contributed by atoms with Crippen LogP contribution in [0.3, 0.4) is 0 Å². The van der Waals surface area contributed by atoms with Crippen LogP contribution in [-0.4, -0.2) is 79.0 Å². The van der Waals surface area contributed by atoms with Crippen LogP contribution in [0.4, 0.5) is 14.6 Å². The van der Waals surface area contributed by atoms with E-state index in [0.29, 0.717) is 70.7 Å². The molecule has 4 aromatic rings. The van der Waals surface area contributed by atoms with Gasteiger partial charge in [0.15, 0.2) is 5.82 Å². The summed E-state index contributed by atoms with van der Waals surface area (Å²) >= 11 is 0. The number of phenols is 1. The second kappa shape index (κ2) is 13.1. The van der Waals surface area contributed by atoms with Gasteiger partial charge in [0.1, 0.15) is 35.2 Å². The van der Waals surface area contributed by atoms with Crippen molar-refractivity contribution in [2.75, 3.05) is 49.2 Å². The molecule has 8 nitrogen and oxygen atoms in total. The Morgan fingerprint density at radius 2 is 1.85 bits per heavy atom. The van der Waals surface area contributed by atoms with E-state index in [4.69, 9.17) is 14.7 Å². The van der Waals surface area contributed by atoms with Crippen molar-refractivity contribution in [2.45, 2.75) is 77.7 Å². The number of hydrogen-bond donors (Lipinski definition) is 1. The molecule has 3 fully saturated rings. The van der Waals surface area contributed by atoms with Crippen LogP contribution in [0.25, 0.3) is 32.9 Å². The maximum Gasteiger partial charge on any atom is 0.319 e. The predicted molar refractivity (Wildman–Crippen MR) is 187 cm³/mol. The van der Waals surface area contributed by atoms with Crippen molar-refractivity contribution in [1.29, 1.82) is 0 Å². The van der Waals surface area contributed by atoms with E-state index >= 15 is 8.78 Å². The molecule has 0 atom stereocenters. The summed E-state index contributed by atoms with van der Waals surface area (Å²) in [5, 5.41) is 12.2. The van der Waals surface area contributed by atoms with Gasteiger partial charge in [0.2, 0.25) is 0 Å². The number of ether oxygens (including phenoxy) is 1. The Bertz CT molecular complexity index is 1870. The number of aryl methyl sites for hydroxylation is 1. The molecular formula is C37H45F2N5O3S. The van der Waals surface area contributed by atoms with Gasteiger partial charge < -0.3 is 14.7 Å². The maximum atomic E-state index is 17.1. The average Bonchev–Trinajstić information content (AvgIpc) is 3.63. The van der Waals surface area contributed by atoms with Crippen molar-refractivity contribution in [2.24, 2.45) is 5.41 Å². The fourth-order valence-corrected chi connectivity index (χ4v) is 9.96. The van der Waals surface area contributed by atoms with Crippen molar-refractivity contribution in [3.05, 3.63) is 47.7 Å². The molecule has 48 heavy (non-hydrogen) atoms. The lowest BCUT2D eigenvalue weighted by Crippen LogP contribution is -2.51. The van der Waals surface area contributed by atoms with E-state index in [2.05, 4.69) is 28.6 Å². The molecule has 0 spiro atoms. The van der Waals surface area contributed by atoms with Crippen LogP contribution in [-0.2, 0) is 17.2 Å². The van der Waals surface area contributed by atoms with Crippen molar-refractivity contribution in [3.8, 4) is 23.0 Å². The second-order valence-electron chi connectivity index (χ2n) is 14.4. The minimum Gasteiger partial charge on any atom is -0.508 e. The highest BCUT2D eigenvalue weighted by atomic mass is 32.2. The summed E-state index contributed by atoms with van der Waals surface area (Å²) in [7, 11) is -0.836. The van der Waals surface area contributed by atoms with Gasteiger partial charge in [0.05, 0.1) is 10.9 Å². The number of hydrogen-bond acceptors (Lipinski definition) is 8. The number of phenolic OH excluding ortho intramolecular Hbond substituents is 1. The lowest BCUT2D eigenvalue weighted by atomic mass is 9.93. The summed E-state index contributed by atoms with van der Waals surface area (Å²) in [6.45, 7) is 10.0. The lowest BCUT2D eigenvalue weighted by Gasteiger charge is -2.42. The maximum absolute atomic E-state index is 17.1. The third kappa shape index (κ3) is 6.01. The summed E-state index contributed by atoms with van der Waals surface area (Å²) in [5.41, 5.74) is 0.581. The largest absolute Gasteiger partial charge is 0.508 e. The number of benzene rings is 2. The van der Waals surface area contributed by atoms with Crippen molar-refractivity contribution >= 4 is 38.3 Å². The Morgan fingerprint density at radius 1 is 1.08 bits per heavy atom. The van der Waals surface area contributed by atoms with Gasteiger partial charge >= 0.3 is 6.01 Å². The molecule has 2 aromatic carbocycles. The fraction of sp³-hybridized carbons (Fsp3) is 0.541. The van der Waals surface area contributed by atoms with E-state index in [9.17, 15) is 9.32 Å². The minimum absolute atomic E-state index is 0.0189. The van der Waals surface area contributed by atoms with Crippen LogP contribution in [0.2, 0.25) is 0 Å². The molecule has 5 heterocycles. The van der Waals surface area contributed by atoms with E-state index in [1.165, 1.54) is 12.1 Å². The third-order valence-corrected chi connectivity index (χ3v) is 12.6. The van der Waals surface area contributed by atoms with Crippen LogP contribution in [0.15, 0.2) is 30.5 Å². The number of rotatable bonds is 12. The number of fused-ring (bicyclic) bond motifs is 3. The highest BCUT2D eigenvalue weighted by molar-refractivity contribution is 7.86. The monoisotopic (exact) mass is 677 g/mol. The van der Waals surface area contributed by atoms with Gasteiger partial charge in [-0.3, -0.25) is 14.1 Å². The summed E-state index contributed by atoms with van der Waals surface area (Å²) in [5.74, 6) is 0.643. The molecule has 7 rings (SSSR count). The second-order valence-corrected chi connectivity index (χ2v) is 15.8. The zero-order chi connectivity index (χ0) is 33.6. The first-order valence-corrected chi connectivity index (χ1v) is 18.9. The van der Waals surface area contributed by atoms with Gasteiger partial charge in [-0.05, 0) is 86.1 Å². The van der Waals surface area contributed by atoms with E-state index in [0.717, 1.165) is 58.0 Å². The number of unbranched alkanes of at least 4 members (excludes halogenated alkanes) is 2. The topological polar surface area (TPSA) is 91.7 Å². The summed E-state index contributed by atoms with van der Waals surface area (Å²) < 4.78 is 50.7. The number of anilines is 1. The van der Waals surface area contributed by atoms with Gasteiger partial charge in [-0.1, -0.05) is 39.7 Å². The molecule has 0 amide bonds. The molecule has 0 bridgehead atoms. The highest BCUT2D eigenvalue weighted by Gasteiger charge is 2.45. The Balaban J connectivity index is 1.38. The Morgan fingerprint density at radius 3 is 2.56 bits per heavy atom. The number of pyridine rings is 1. The SMILES string of the molecule is CCCCCN(CC1(C)CS(=O)C1)c1nc(OCC23CCCN2CCC3)nc2c(F)c(-c3cc(O)cc4ccc(F)c(CC)c34)ncc12. The quantitative estimate of drug-likeness (QED) is 0.158. The van der Waals surface area contributed by atoms with Crippen LogP contribution < -0.4 is 9.64 Å². The average molecular weight is 678 g/mol. The third-order valence-electron chi connectivity index (χ3n) is 10.6. The molecule has 1 N–H and O–H groups in total. The molecule has 0 unspecified atom stereocenters. The van der Waals surface area contributed by atoms with Gasteiger partial charge in [0, 0.05) is 52.6 Å². The smallest absolute Gasteiger partial charge is 0.319 e. The first-order valence-electron chi connectivity index (χ1n) is 17.4. The zero-order valence-corrected chi connectivity index (χ0v) is 29.0. The molecular weight excluding hydrogens is 633 g/mol. The molecule has 0 saturated carbocycles. The van der Waals surface area contributed by atoms with Crippen LogP contribution in [0.5, 0.6) is 11.8 Å². The van der Waals surface area contributed by atoms with Crippen molar-refractivity contribution < 1.29 is 22.8 Å². The Hall–Kier alpha value is -3.44. The molecule has 3 aliphatic rings. The molecule has 3 aliphatic heterocycles. The van der Waals surface area contributed by atoms with E-state index < -0.39 is 16.6 Å². The van der Waals surface area contributed by atoms with Gasteiger partial charge in [0.25, 0.3) is 0 Å². The molecule has 3 saturated heterocycles. The van der Waals surface area contributed by atoms with Gasteiger partial charge in [-0.25, -0.2) is 8.78 Å². The van der Waals surface area contributed by atoms with Gasteiger partial charge in [-0.2, -0.15) is 9.97 Å². The molecule has 0 aliphatic carbocycles. The zero-order valence-electron chi connectivity index (χ0n) is 28.2. The number of aromatic hydroxyl groups is 1. The summed E-state index contributed by atoms with van der Waals surface area (Å²) in [6, 6.07) is 6.08. The van der Waals surface area contributed by atoms with Crippen molar-refractivity contribution in [1.82, 2.24) is 19.9 Å². The molecule has 2 aromatic heterocycles. The van der Waals surface area contributed by atoms with E-state index in [-0.39, 0.29) is 39.7 Å². The van der Waals surface area contributed by atoms with Crippen LogP contribution in [0.1, 0.15) is 71.3 Å².